The van der Waals surface area contributed by atoms with Gasteiger partial charge in [-0.05, 0) is 42.7 Å². The molecule has 0 radical (unpaired) electrons. The van der Waals surface area contributed by atoms with Gasteiger partial charge in [-0.15, -0.1) is 0 Å². The van der Waals surface area contributed by atoms with Gasteiger partial charge in [-0.25, -0.2) is 31.6 Å². The highest BCUT2D eigenvalue weighted by molar-refractivity contribution is 7.91. The fourth-order valence-electron chi connectivity index (χ4n) is 2.89. The van der Waals surface area contributed by atoms with Crippen molar-refractivity contribution >= 4 is 21.5 Å². The van der Waals surface area contributed by atoms with Crippen molar-refractivity contribution in [2.75, 3.05) is 5.32 Å². The number of rotatable bonds is 6. The monoisotopic (exact) mass is 419 g/mol. The van der Waals surface area contributed by atoms with Crippen molar-refractivity contribution < 1.29 is 21.6 Å². The van der Waals surface area contributed by atoms with E-state index in [1.54, 1.807) is 24.3 Å². The van der Waals surface area contributed by atoms with Gasteiger partial charge in [-0.1, -0.05) is 12.1 Å². The molecule has 1 fully saturated rings. The smallest absolute Gasteiger partial charge is 0.227 e. The van der Waals surface area contributed by atoms with Crippen LogP contribution in [0, 0.1) is 17.5 Å². The molecule has 1 aliphatic rings. The zero-order valence-corrected chi connectivity index (χ0v) is 15.9. The molecule has 0 unspecified atom stereocenters. The van der Waals surface area contributed by atoms with Crippen LogP contribution in [0.3, 0.4) is 0 Å². The summed E-state index contributed by atoms with van der Waals surface area (Å²) in [7, 11) is -3.11. The van der Waals surface area contributed by atoms with Crippen LogP contribution in [-0.2, 0) is 15.6 Å². The van der Waals surface area contributed by atoms with E-state index in [0.29, 0.717) is 17.3 Å². The van der Waals surface area contributed by atoms with Crippen molar-refractivity contribution in [1.29, 1.82) is 0 Å². The van der Waals surface area contributed by atoms with Gasteiger partial charge in [0.2, 0.25) is 5.95 Å². The zero-order valence-electron chi connectivity index (χ0n) is 15.1. The van der Waals surface area contributed by atoms with Gasteiger partial charge in [-0.2, -0.15) is 0 Å². The summed E-state index contributed by atoms with van der Waals surface area (Å²) in [5, 5.41) is 2.64. The summed E-state index contributed by atoms with van der Waals surface area (Å²) >= 11 is 0. The summed E-state index contributed by atoms with van der Waals surface area (Å²) in [6.07, 6.45) is 2.34. The Morgan fingerprint density at radius 1 is 1.00 bits per heavy atom. The van der Waals surface area contributed by atoms with E-state index in [-0.39, 0.29) is 28.2 Å². The SMILES string of the molecule is O=S(=O)(Cc1ccc(Nc2ncc(F)c(-c3ccc(F)cc3F)n2)cc1)C1CC1. The molecular formula is C20H16F3N3O2S. The Hall–Kier alpha value is -2.94. The van der Waals surface area contributed by atoms with Gasteiger partial charge < -0.3 is 5.32 Å². The minimum Gasteiger partial charge on any atom is -0.324 e. The predicted molar refractivity (Wildman–Crippen MR) is 103 cm³/mol. The first-order valence-electron chi connectivity index (χ1n) is 8.87. The highest BCUT2D eigenvalue weighted by Crippen LogP contribution is 2.31. The molecule has 0 bridgehead atoms. The Balaban J connectivity index is 1.54. The summed E-state index contributed by atoms with van der Waals surface area (Å²) < 4.78 is 65.3. The van der Waals surface area contributed by atoms with E-state index in [2.05, 4.69) is 15.3 Å². The molecule has 4 rings (SSSR count). The second-order valence-corrected chi connectivity index (χ2v) is 9.12. The summed E-state index contributed by atoms with van der Waals surface area (Å²) in [5.74, 6) is -2.55. The molecule has 1 aromatic heterocycles. The first kappa shape index (κ1) is 19.4. The first-order valence-corrected chi connectivity index (χ1v) is 10.6. The van der Waals surface area contributed by atoms with E-state index in [9.17, 15) is 21.6 Å². The molecule has 0 saturated heterocycles. The molecule has 0 aliphatic heterocycles. The Bertz CT molecular complexity index is 1160. The number of anilines is 2. The molecule has 1 aliphatic carbocycles. The van der Waals surface area contributed by atoms with Gasteiger partial charge in [-0.3, -0.25) is 0 Å². The predicted octanol–water partition coefficient (Wildman–Crippen LogP) is 4.38. The van der Waals surface area contributed by atoms with Crippen molar-refractivity contribution in [3.63, 3.8) is 0 Å². The maximum Gasteiger partial charge on any atom is 0.227 e. The van der Waals surface area contributed by atoms with Crippen LogP contribution in [0.4, 0.5) is 24.8 Å². The lowest BCUT2D eigenvalue weighted by molar-refractivity contribution is 0.580. The molecule has 0 spiro atoms. The zero-order chi connectivity index (χ0) is 20.6. The lowest BCUT2D eigenvalue weighted by Gasteiger charge is -2.09. The minimum atomic E-state index is -3.11. The maximum atomic E-state index is 14.1. The molecule has 0 amide bonds. The van der Waals surface area contributed by atoms with E-state index >= 15 is 0 Å². The Morgan fingerprint density at radius 3 is 2.38 bits per heavy atom. The highest BCUT2D eigenvalue weighted by atomic mass is 32.2. The number of sulfone groups is 1. The molecule has 3 aromatic rings. The van der Waals surface area contributed by atoms with Crippen LogP contribution in [0.25, 0.3) is 11.3 Å². The number of aromatic nitrogens is 2. The molecular weight excluding hydrogens is 403 g/mol. The number of benzene rings is 2. The van der Waals surface area contributed by atoms with E-state index in [0.717, 1.165) is 31.2 Å². The van der Waals surface area contributed by atoms with Crippen LogP contribution < -0.4 is 5.32 Å². The van der Waals surface area contributed by atoms with E-state index < -0.39 is 27.3 Å². The van der Waals surface area contributed by atoms with Crippen molar-refractivity contribution in [2.45, 2.75) is 23.8 Å². The van der Waals surface area contributed by atoms with Crippen LogP contribution in [0.5, 0.6) is 0 Å². The molecule has 0 atom stereocenters. The Kier molecular flexibility index (Phi) is 4.99. The molecule has 5 nitrogen and oxygen atoms in total. The third-order valence-electron chi connectivity index (χ3n) is 4.54. The number of hydrogen-bond donors (Lipinski definition) is 1. The summed E-state index contributed by atoms with van der Waals surface area (Å²) in [4.78, 5) is 7.82. The van der Waals surface area contributed by atoms with Gasteiger partial charge in [0.25, 0.3) is 0 Å². The van der Waals surface area contributed by atoms with E-state index in [1.165, 1.54) is 0 Å². The molecule has 2 aromatic carbocycles. The third-order valence-corrected chi connectivity index (χ3v) is 6.76. The fraction of sp³-hybridized carbons (Fsp3) is 0.200. The highest BCUT2D eigenvalue weighted by Gasteiger charge is 2.35. The van der Waals surface area contributed by atoms with Crippen LogP contribution in [0.2, 0.25) is 0 Å². The van der Waals surface area contributed by atoms with Crippen LogP contribution in [-0.4, -0.2) is 23.6 Å². The van der Waals surface area contributed by atoms with Crippen molar-refractivity contribution in [2.24, 2.45) is 0 Å². The number of nitrogens with one attached hydrogen (secondary N) is 1. The fourth-order valence-corrected chi connectivity index (χ4v) is 4.64. The molecule has 1 saturated carbocycles. The summed E-state index contributed by atoms with van der Waals surface area (Å²) in [5.41, 5.74) is 0.730. The van der Waals surface area contributed by atoms with Crippen LogP contribution in [0.15, 0.2) is 48.7 Å². The van der Waals surface area contributed by atoms with E-state index in [1.807, 2.05) is 0 Å². The normalized spacial score (nSPS) is 14.0. The van der Waals surface area contributed by atoms with Crippen molar-refractivity contribution in [3.05, 3.63) is 71.7 Å². The standard InChI is InChI=1S/C20H16F3N3O2S/c21-13-3-8-16(17(22)9-13)19-18(23)10-24-20(26-19)25-14-4-1-12(2-5-14)11-29(27,28)15-6-7-15/h1-5,8-10,15H,6-7,11H2,(H,24,25,26). The largest absolute Gasteiger partial charge is 0.324 e. The van der Waals surface area contributed by atoms with Crippen molar-refractivity contribution in [3.8, 4) is 11.3 Å². The van der Waals surface area contributed by atoms with Crippen molar-refractivity contribution in [1.82, 2.24) is 9.97 Å². The molecule has 150 valence electrons. The number of nitrogens with zero attached hydrogens (tertiary/aromatic N) is 2. The summed E-state index contributed by atoms with van der Waals surface area (Å²) in [6, 6.07) is 9.43. The lowest BCUT2D eigenvalue weighted by atomic mass is 10.1. The van der Waals surface area contributed by atoms with Gasteiger partial charge in [0, 0.05) is 17.3 Å². The average molecular weight is 419 g/mol. The van der Waals surface area contributed by atoms with Crippen LogP contribution >= 0.6 is 0 Å². The minimum absolute atomic E-state index is 0.0149. The molecule has 29 heavy (non-hydrogen) atoms. The quantitative estimate of drug-likeness (QED) is 0.642. The third kappa shape index (κ3) is 4.40. The molecule has 1 heterocycles. The maximum absolute atomic E-state index is 14.1. The summed E-state index contributed by atoms with van der Waals surface area (Å²) in [6.45, 7) is 0. The Morgan fingerprint density at radius 2 is 1.72 bits per heavy atom. The number of hydrogen-bond acceptors (Lipinski definition) is 5. The van der Waals surface area contributed by atoms with Crippen LogP contribution in [0.1, 0.15) is 18.4 Å². The average Bonchev–Trinajstić information content (AvgIpc) is 3.51. The first-order chi connectivity index (χ1) is 13.8. The second-order valence-electron chi connectivity index (χ2n) is 6.84. The number of halogens is 3. The topological polar surface area (TPSA) is 72.0 Å². The van der Waals surface area contributed by atoms with Gasteiger partial charge in [0.15, 0.2) is 15.7 Å². The lowest BCUT2D eigenvalue weighted by Crippen LogP contribution is -2.09. The van der Waals surface area contributed by atoms with Gasteiger partial charge >= 0.3 is 0 Å². The second kappa shape index (κ2) is 7.47. The van der Waals surface area contributed by atoms with E-state index in [4.69, 9.17) is 0 Å². The Labute approximate surface area is 165 Å². The van der Waals surface area contributed by atoms with Gasteiger partial charge in [0.05, 0.1) is 17.2 Å². The molecule has 1 N–H and O–H groups in total. The molecule has 9 heteroatoms. The van der Waals surface area contributed by atoms with Gasteiger partial charge in [0.1, 0.15) is 17.3 Å².